The Balaban J connectivity index is 1.43. The van der Waals surface area contributed by atoms with Crippen LogP contribution in [0.15, 0.2) is 52.9 Å². The number of hydrogen-bond acceptors (Lipinski definition) is 7. The van der Waals surface area contributed by atoms with E-state index < -0.39 is 5.97 Å². The number of methoxy groups -OCH3 is 1. The molecule has 0 bridgehead atoms. The predicted octanol–water partition coefficient (Wildman–Crippen LogP) is 6.95. The molecule has 4 aromatic rings. The maximum absolute atomic E-state index is 11.5. The normalized spacial score (nSPS) is 15.7. The summed E-state index contributed by atoms with van der Waals surface area (Å²) >= 11 is 0. The fourth-order valence-corrected chi connectivity index (χ4v) is 6.13. The lowest BCUT2D eigenvalue weighted by Gasteiger charge is -2.35. The second-order valence-electron chi connectivity index (χ2n) is 11.8. The second kappa shape index (κ2) is 13.6. The van der Waals surface area contributed by atoms with Crippen LogP contribution in [-0.2, 0) is 11.3 Å². The number of hydrogen-bond donors (Lipinski definition) is 1. The average Bonchev–Trinajstić information content (AvgIpc) is 3.39. The van der Waals surface area contributed by atoms with Crippen LogP contribution in [0, 0.1) is 13.8 Å². The Morgan fingerprint density at radius 2 is 1.79 bits per heavy atom. The summed E-state index contributed by atoms with van der Waals surface area (Å²) in [6.07, 6.45) is 4.14. The van der Waals surface area contributed by atoms with Crippen molar-refractivity contribution >= 4 is 17.1 Å². The maximum atomic E-state index is 11.5. The molecule has 1 aromatic heterocycles. The summed E-state index contributed by atoms with van der Waals surface area (Å²) in [5, 5.41) is 9.42. The summed E-state index contributed by atoms with van der Waals surface area (Å²) < 4.78 is 18.2. The molecule has 1 fully saturated rings. The third-order valence-corrected chi connectivity index (χ3v) is 8.47. The van der Waals surface area contributed by atoms with Crippen LogP contribution in [0.3, 0.4) is 0 Å². The van der Waals surface area contributed by atoms with Crippen molar-refractivity contribution in [2.75, 3.05) is 40.9 Å². The summed E-state index contributed by atoms with van der Waals surface area (Å²) in [5.41, 5.74) is 7.76. The minimum atomic E-state index is -0.757. The van der Waals surface area contributed by atoms with E-state index in [1.54, 1.807) is 7.11 Å². The molecule has 228 valence electrons. The van der Waals surface area contributed by atoms with Gasteiger partial charge in [0, 0.05) is 36.3 Å². The van der Waals surface area contributed by atoms with E-state index in [2.05, 4.69) is 49.9 Å². The Labute approximate surface area is 254 Å². The highest BCUT2D eigenvalue weighted by molar-refractivity contribution is 5.82. The van der Waals surface area contributed by atoms with Gasteiger partial charge in [-0.2, -0.15) is 0 Å². The lowest BCUT2D eigenvalue weighted by molar-refractivity contribution is -0.138. The second-order valence-corrected chi connectivity index (χ2v) is 11.8. The summed E-state index contributed by atoms with van der Waals surface area (Å²) in [5.74, 6) is 1.43. The van der Waals surface area contributed by atoms with E-state index in [1.807, 2.05) is 36.4 Å². The van der Waals surface area contributed by atoms with Crippen molar-refractivity contribution in [3.63, 3.8) is 0 Å². The maximum Gasteiger partial charge on any atom is 0.304 e. The van der Waals surface area contributed by atoms with Crippen molar-refractivity contribution in [3.05, 3.63) is 65.2 Å². The first-order valence-electron chi connectivity index (χ1n) is 15.2. The SMILES string of the molecule is COc1cc2oc(-c3cccc(-c4cccc(OCCCN(C)C)c4C)c3C)nc2cc1CN1CCCCC1CC(=O)O. The number of nitrogens with zero attached hydrogens (tertiary/aromatic N) is 3. The van der Waals surface area contributed by atoms with Gasteiger partial charge in [0.1, 0.15) is 17.0 Å². The highest BCUT2D eigenvalue weighted by Crippen LogP contribution is 2.38. The van der Waals surface area contributed by atoms with Crippen LogP contribution in [0.4, 0.5) is 0 Å². The minimum Gasteiger partial charge on any atom is -0.496 e. The molecule has 1 unspecified atom stereocenters. The van der Waals surface area contributed by atoms with Gasteiger partial charge in [0.2, 0.25) is 5.89 Å². The van der Waals surface area contributed by atoms with Crippen LogP contribution in [0.25, 0.3) is 33.7 Å². The molecule has 0 spiro atoms. The Hall–Kier alpha value is -3.88. The summed E-state index contributed by atoms with van der Waals surface area (Å²) in [6.45, 7) is 7.36. The van der Waals surface area contributed by atoms with Crippen LogP contribution in [-0.4, -0.2) is 72.8 Å². The number of piperidine rings is 1. The highest BCUT2D eigenvalue weighted by atomic mass is 16.5. The number of carbonyl (C=O) groups is 1. The van der Waals surface area contributed by atoms with Gasteiger partial charge in [0.15, 0.2) is 5.58 Å². The number of ether oxygens (including phenoxy) is 2. The topological polar surface area (TPSA) is 88.3 Å². The van der Waals surface area contributed by atoms with Crippen LogP contribution in [0.1, 0.15) is 48.8 Å². The predicted molar refractivity (Wildman–Crippen MR) is 170 cm³/mol. The summed E-state index contributed by atoms with van der Waals surface area (Å²) in [6, 6.07) is 16.4. The molecule has 1 aliphatic rings. The number of carboxylic acid groups (broad SMARTS) is 1. The number of aromatic nitrogens is 1. The number of rotatable bonds is 12. The molecule has 0 amide bonds. The molecule has 8 nitrogen and oxygen atoms in total. The lowest BCUT2D eigenvalue weighted by Crippen LogP contribution is -2.40. The van der Waals surface area contributed by atoms with Crippen LogP contribution in [0.5, 0.6) is 11.5 Å². The van der Waals surface area contributed by atoms with Crippen molar-refractivity contribution in [3.8, 4) is 34.1 Å². The van der Waals surface area contributed by atoms with Gasteiger partial charge >= 0.3 is 5.97 Å². The number of fused-ring (bicyclic) bond motifs is 1. The Morgan fingerprint density at radius 3 is 2.53 bits per heavy atom. The Bertz CT molecular complexity index is 1580. The van der Waals surface area contributed by atoms with E-state index in [-0.39, 0.29) is 12.5 Å². The number of carboxylic acids is 1. The number of oxazole rings is 1. The van der Waals surface area contributed by atoms with Gasteiger partial charge in [0.05, 0.1) is 20.1 Å². The fourth-order valence-electron chi connectivity index (χ4n) is 6.13. The van der Waals surface area contributed by atoms with Crippen molar-refractivity contribution in [2.24, 2.45) is 0 Å². The van der Waals surface area contributed by atoms with E-state index in [1.165, 1.54) is 0 Å². The van der Waals surface area contributed by atoms with Gasteiger partial charge < -0.3 is 23.9 Å². The van der Waals surface area contributed by atoms with Crippen LogP contribution < -0.4 is 9.47 Å². The van der Waals surface area contributed by atoms with Gasteiger partial charge in [-0.25, -0.2) is 4.98 Å². The average molecular weight is 586 g/mol. The molecule has 0 radical (unpaired) electrons. The molecule has 1 aliphatic heterocycles. The van der Waals surface area contributed by atoms with E-state index in [9.17, 15) is 9.90 Å². The van der Waals surface area contributed by atoms with Crippen molar-refractivity contribution in [1.82, 2.24) is 14.8 Å². The largest absolute Gasteiger partial charge is 0.496 e. The quantitative estimate of drug-likeness (QED) is 0.179. The monoisotopic (exact) mass is 585 g/mol. The molecule has 2 heterocycles. The van der Waals surface area contributed by atoms with Gasteiger partial charge in [-0.15, -0.1) is 0 Å². The first-order chi connectivity index (χ1) is 20.7. The van der Waals surface area contributed by atoms with Crippen LogP contribution in [0.2, 0.25) is 0 Å². The molecule has 1 saturated heterocycles. The first-order valence-corrected chi connectivity index (χ1v) is 15.2. The number of aliphatic carboxylic acids is 1. The highest BCUT2D eigenvalue weighted by Gasteiger charge is 2.26. The number of benzene rings is 3. The zero-order valence-electron chi connectivity index (χ0n) is 26.0. The third-order valence-electron chi connectivity index (χ3n) is 8.47. The van der Waals surface area contributed by atoms with Crippen molar-refractivity contribution in [2.45, 2.75) is 58.5 Å². The minimum absolute atomic E-state index is 0.0234. The Morgan fingerprint density at radius 1 is 1.05 bits per heavy atom. The van der Waals surface area contributed by atoms with E-state index in [0.29, 0.717) is 24.6 Å². The molecule has 43 heavy (non-hydrogen) atoms. The molecule has 1 atom stereocenters. The van der Waals surface area contributed by atoms with Crippen molar-refractivity contribution < 1.29 is 23.8 Å². The van der Waals surface area contributed by atoms with Gasteiger partial charge in [0.25, 0.3) is 0 Å². The van der Waals surface area contributed by atoms with E-state index in [0.717, 1.165) is 89.2 Å². The van der Waals surface area contributed by atoms with Gasteiger partial charge in [-0.1, -0.05) is 30.7 Å². The molecule has 0 aliphatic carbocycles. The zero-order valence-corrected chi connectivity index (χ0v) is 26.0. The molecule has 3 aromatic carbocycles. The molecule has 8 heteroatoms. The molecule has 5 rings (SSSR count). The smallest absolute Gasteiger partial charge is 0.304 e. The molecular formula is C35H43N3O5. The molecular weight excluding hydrogens is 542 g/mol. The first kappa shape index (κ1) is 30.6. The summed E-state index contributed by atoms with van der Waals surface area (Å²) in [4.78, 5) is 20.8. The van der Waals surface area contributed by atoms with Crippen LogP contribution >= 0.6 is 0 Å². The van der Waals surface area contributed by atoms with Gasteiger partial charge in [-0.3, -0.25) is 9.69 Å². The fraction of sp³-hybridized carbons (Fsp3) is 0.429. The van der Waals surface area contributed by atoms with Crippen molar-refractivity contribution in [1.29, 1.82) is 0 Å². The molecule has 1 N–H and O–H groups in total. The Kier molecular flexibility index (Phi) is 9.68. The standard InChI is InChI=1S/C35H43N3O5/c1-23-27(28-13-9-15-31(24(28)2)42-18-10-16-37(3)4)12-8-14-29(23)35-36-30-19-25(32(41-5)21-33(30)43-35)22-38-17-7-6-11-26(38)20-34(39)40/h8-9,12-15,19,21,26H,6-7,10-11,16-18,20,22H2,1-5H3,(H,39,40). The summed E-state index contributed by atoms with van der Waals surface area (Å²) in [7, 11) is 5.80. The molecule has 0 saturated carbocycles. The van der Waals surface area contributed by atoms with Gasteiger partial charge in [-0.05, 0) is 94.2 Å². The van der Waals surface area contributed by atoms with E-state index >= 15 is 0 Å². The lowest BCUT2D eigenvalue weighted by atomic mass is 9.93. The number of likely N-dealkylation sites (tertiary alicyclic amines) is 1. The zero-order chi connectivity index (χ0) is 30.5. The van der Waals surface area contributed by atoms with E-state index in [4.69, 9.17) is 18.9 Å². The third kappa shape index (κ3) is 7.03.